The fourth-order valence-electron chi connectivity index (χ4n) is 2.82. The van der Waals surface area contributed by atoms with Crippen LogP contribution in [0.2, 0.25) is 0 Å². The number of carboxylic acids is 1. The zero-order valence-corrected chi connectivity index (χ0v) is 14.4. The zero-order valence-electron chi connectivity index (χ0n) is 13.6. The van der Waals surface area contributed by atoms with Gasteiger partial charge in [0.2, 0.25) is 0 Å². The number of nitrogens with zero attached hydrogens (tertiary/aromatic N) is 1. The summed E-state index contributed by atoms with van der Waals surface area (Å²) in [6.07, 6.45) is 0.333. The largest absolute Gasteiger partial charge is 0.478 e. The highest BCUT2D eigenvalue weighted by atomic mass is 32.2. The number of ether oxygens (including phenoxy) is 1. The van der Waals surface area contributed by atoms with Crippen LogP contribution in [0.15, 0.2) is 41.3 Å². The smallest absolute Gasteiger partial charge is 0.337 e. The summed E-state index contributed by atoms with van der Waals surface area (Å²) in [5.74, 6) is -2.94. The Morgan fingerprint density at radius 3 is 2.50 bits per heavy atom. The molecule has 0 spiro atoms. The van der Waals surface area contributed by atoms with Gasteiger partial charge in [0, 0.05) is 6.54 Å². The van der Waals surface area contributed by atoms with E-state index in [2.05, 4.69) is 4.74 Å². The van der Waals surface area contributed by atoms with Crippen molar-refractivity contribution in [3.63, 3.8) is 0 Å². The van der Waals surface area contributed by atoms with Gasteiger partial charge in [-0.3, -0.25) is 4.31 Å². The van der Waals surface area contributed by atoms with Gasteiger partial charge in [-0.1, -0.05) is 0 Å². The number of carbonyl (C=O) groups excluding carboxylic acids is 1. The van der Waals surface area contributed by atoms with E-state index in [4.69, 9.17) is 5.11 Å². The first-order valence-corrected chi connectivity index (χ1v) is 8.96. The Morgan fingerprint density at radius 1 is 1.15 bits per heavy atom. The van der Waals surface area contributed by atoms with Crippen molar-refractivity contribution >= 4 is 27.6 Å². The highest BCUT2D eigenvalue weighted by Gasteiger charge is 2.33. The minimum atomic E-state index is -4.30. The highest BCUT2D eigenvalue weighted by Crippen LogP contribution is 2.34. The lowest BCUT2D eigenvalue weighted by Gasteiger charge is -2.20. The normalized spacial score (nSPS) is 13.4. The van der Waals surface area contributed by atoms with Crippen molar-refractivity contribution in [3.05, 3.63) is 58.9 Å². The standard InChI is InChI=1S/C17H14FNO6S/c1-25-17(22)12-3-5-14-10(8-12)6-7-19(14)26(23,24)15-9-11(16(20)21)2-4-13(15)18/h2-5,8-9H,6-7H2,1H3,(H,20,21). The summed E-state index contributed by atoms with van der Waals surface area (Å²) in [6.45, 7) is 0.0546. The number of halogens is 1. The Hall–Kier alpha value is -2.94. The monoisotopic (exact) mass is 379 g/mol. The molecule has 26 heavy (non-hydrogen) atoms. The summed E-state index contributed by atoms with van der Waals surface area (Å²) in [4.78, 5) is 22.0. The van der Waals surface area contributed by atoms with Crippen LogP contribution in [0.25, 0.3) is 0 Å². The highest BCUT2D eigenvalue weighted by molar-refractivity contribution is 7.92. The molecule has 9 heteroatoms. The van der Waals surface area contributed by atoms with Crippen LogP contribution in [0.4, 0.5) is 10.1 Å². The Balaban J connectivity index is 2.05. The number of anilines is 1. The number of hydrogen-bond acceptors (Lipinski definition) is 5. The molecule has 2 aromatic carbocycles. The van der Waals surface area contributed by atoms with Crippen LogP contribution in [0.3, 0.4) is 0 Å². The van der Waals surface area contributed by atoms with E-state index in [-0.39, 0.29) is 17.7 Å². The van der Waals surface area contributed by atoms with Gasteiger partial charge in [-0.2, -0.15) is 0 Å². The molecule has 3 rings (SSSR count). The fourth-order valence-corrected chi connectivity index (χ4v) is 4.42. The first-order chi connectivity index (χ1) is 12.3. The lowest BCUT2D eigenvalue weighted by Crippen LogP contribution is -2.30. The minimum absolute atomic E-state index is 0.0546. The van der Waals surface area contributed by atoms with Gasteiger partial charge in [0.1, 0.15) is 10.7 Å². The van der Waals surface area contributed by atoms with Crippen LogP contribution in [0.5, 0.6) is 0 Å². The second-order valence-electron chi connectivity index (χ2n) is 5.61. The first kappa shape index (κ1) is 17.9. The van der Waals surface area contributed by atoms with Gasteiger partial charge >= 0.3 is 11.9 Å². The van der Waals surface area contributed by atoms with E-state index in [1.165, 1.54) is 25.3 Å². The summed E-state index contributed by atoms with van der Waals surface area (Å²) < 4.78 is 45.5. The van der Waals surface area contributed by atoms with Crippen LogP contribution in [-0.2, 0) is 21.2 Å². The number of methoxy groups -OCH3 is 1. The van der Waals surface area contributed by atoms with E-state index < -0.39 is 32.7 Å². The minimum Gasteiger partial charge on any atom is -0.478 e. The molecule has 1 N–H and O–H groups in total. The molecule has 1 aliphatic heterocycles. The topological polar surface area (TPSA) is 101 Å². The molecule has 0 saturated carbocycles. The van der Waals surface area contributed by atoms with Gasteiger partial charge in [-0.05, 0) is 48.4 Å². The summed E-state index contributed by atoms with van der Waals surface area (Å²) in [5, 5.41) is 9.02. The van der Waals surface area contributed by atoms with Crippen molar-refractivity contribution in [2.45, 2.75) is 11.3 Å². The molecule has 136 valence electrons. The van der Waals surface area contributed by atoms with E-state index in [0.717, 1.165) is 22.5 Å². The SMILES string of the molecule is COC(=O)c1ccc2c(c1)CCN2S(=O)(=O)c1cc(C(=O)O)ccc1F. The first-order valence-electron chi connectivity index (χ1n) is 7.52. The van der Waals surface area contributed by atoms with E-state index in [9.17, 15) is 22.4 Å². The number of rotatable bonds is 4. The lowest BCUT2D eigenvalue weighted by molar-refractivity contribution is 0.0599. The van der Waals surface area contributed by atoms with E-state index >= 15 is 0 Å². The number of aromatic carboxylic acids is 1. The summed E-state index contributed by atoms with van der Waals surface area (Å²) >= 11 is 0. The second-order valence-corrected chi connectivity index (χ2v) is 7.44. The van der Waals surface area contributed by atoms with Crippen LogP contribution >= 0.6 is 0 Å². The summed E-state index contributed by atoms with van der Waals surface area (Å²) in [6, 6.07) is 7.01. The molecular formula is C17H14FNO6S. The molecule has 0 amide bonds. The van der Waals surface area contributed by atoms with Crippen molar-refractivity contribution < 1.29 is 32.2 Å². The predicted molar refractivity (Wildman–Crippen MR) is 89.4 cm³/mol. The number of hydrogen-bond donors (Lipinski definition) is 1. The van der Waals surface area contributed by atoms with Crippen molar-refractivity contribution in [2.75, 3.05) is 18.0 Å². The molecule has 1 aliphatic rings. The molecule has 7 nitrogen and oxygen atoms in total. The predicted octanol–water partition coefficient (Wildman–Crippen LogP) is 2.06. The second kappa shape index (κ2) is 6.41. The number of sulfonamides is 1. The van der Waals surface area contributed by atoms with Crippen molar-refractivity contribution in [1.29, 1.82) is 0 Å². The molecule has 1 heterocycles. The van der Waals surface area contributed by atoms with Crippen molar-refractivity contribution in [1.82, 2.24) is 0 Å². The molecule has 0 aromatic heterocycles. The number of carbonyl (C=O) groups is 2. The summed E-state index contributed by atoms with van der Waals surface area (Å²) in [7, 11) is -3.06. The quantitative estimate of drug-likeness (QED) is 0.816. The Morgan fingerprint density at radius 2 is 1.85 bits per heavy atom. The van der Waals surface area contributed by atoms with Gasteiger partial charge in [-0.15, -0.1) is 0 Å². The molecular weight excluding hydrogens is 365 g/mol. The number of benzene rings is 2. The fraction of sp³-hybridized carbons (Fsp3) is 0.176. The Bertz CT molecular complexity index is 1020. The van der Waals surface area contributed by atoms with Crippen LogP contribution in [0.1, 0.15) is 26.3 Å². The number of carboxylic acid groups (broad SMARTS) is 1. The lowest BCUT2D eigenvalue weighted by atomic mass is 10.1. The molecule has 0 radical (unpaired) electrons. The molecule has 0 bridgehead atoms. The maximum absolute atomic E-state index is 14.1. The van der Waals surface area contributed by atoms with E-state index in [1.807, 2.05) is 0 Å². The summed E-state index contributed by atoms with van der Waals surface area (Å²) in [5.41, 5.74) is 0.874. The van der Waals surface area contributed by atoms with E-state index in [1.54, 1.807) is 0 Å². The van der Waals surface area contributed by atoms with Crippen LogP contribution in [-0.4, -0.2) is 39.1 Å². The Labute approximate surface area is 148 Å². The number of esters is 1. The zero-order chi connectivity index (χ0) is 19.1. The van der Waals surface area contributed by atoms with Crippen molar-refractivity contribution in [3.8, 4) is 0 Å². The average Bonchev–Trinajstić information content (AvgIpc) is 3.04. The molecule has 0 saturated heterocycles. The van der Waals surface area contributed by atoms with Crippen LogP contribution in [0, 0.1) is 5.82 Å². The maximum atomic E-state index is 14.1. The van der Waals surface area contributed by atoms with Gasteiger partial charge < -0.3 is 9.84 Å². The maximum Gasteiger partial charge on any atom is 0.337 e. The molecule has 0 atom stereocenters. The third kappa shape index (κ3) is 2.90. The molecule has 0 fully saturated rings. The van der Waals surface area contributed by atoms with Gasteiger partial charge in [0.25, 0.3) is 10.0 Å². The van der Waals surface area contributed by atoms with Crippen LogP contribution < -0.4 is 4.31 Å². The van der Waals surface area contributed by atoms with E-state index in [0.29, 0.717) is 17.7 Å². The van der Waals surface area contributed by atoms with Gasteiger partial charge in [-0.25, -0.2) is 22.4 Å². The Kier molecular flexibility index (Phi) is 4.41. The number of fused-ring (bicyclic) bond motifs is 1. The van der Waals surface area contributed by atoms with Gasteiger partial charge in [0.05, 0.1) is 23.9 Å². The third-order valence-corrected chi connectivity index (χ3v) is 5.93. The average molecular weight is 379 g/mol. The molecule has 0 aliphatic carbocycles. The molecule has 2 aromatic rings. The third-order valence-electron chi connectivity index (χ3n) is 4.10. The molecule has 0 unspecified atom stereocenters. The van der Waals surface area contributed by atoms with Gasteiger partial charge in [0.15, 0.2) is 0 Å². The van der Waals surface area contributed by atoms with Crippen molar-refractivity contribution in [2.24, 2.45) is 0 Å².